The molecule has 2 heterocycles. The predicted octanol–water partition coefficient (Wildman–Crippen LogP) is 2.20. The largest absolute Gasteiger partial charge is 0.294 e. The van der Waals surface area contributed by atoms with Gasteiger partial charge in [-0.05, 0) is 20.8 Å². The fourth-order valence-corrected chi connectivity index (χ4v) is 2.10. The summed E-state index contributed by atoms with van der Waals surface area (Å²) >= 11 is 0. The van der Waals surface area contributed by atoms with E-state index in [9.17, 15) is 0 Å². The van der Waals surface area contributed by atoms with Crippen molar-refractivity contribution in [1.29, 1.82) is 0 Å². The summed E-state index contributed by atoms with van der Waals surface area (Å²) in [6.45, 7) is 11.0. The molecule has 0 saturated heterocycles. The molecule has 0 unspecified atom stereocenters. The Morgan fingerprint density at radius 1 is 1.38 bits per heavy atom. The van der Waals surface area contributed by atoms with Crippen LogP contribution in [0.4, 0.5) is 0 Å². The van der Waals surface area contributed by atoms with Crippen LogP contribution < -0.4 is 0 Å². The van der Waals surface area contributed by atoms with Gasteiger partial charge in [0.1, 0.15) is 5.82 Å². The predicted molar refractivity (Wildman–Crippen MR) is 65.3 cm³/mol. The van der Waals surface area contributed by atoms with Gasteiger partial charge in [0.05, 0.1) is 0 Å². The zero-order valence-corrected chi connectivity index (χ0v) is 10.7. The Labute approximate surface area is 97.9 Å². The third kappa shape index (κ3) is 2.24. The molecule has 0 N–H and O–H groups in total. The summed E-state index contributed by atoms with van der Waals surface area (Å²) in [5.74, 6) is 0.975. The fraction of sp³-hybridized carbons (Fsp3) is 0.692. The number of aryl methyl sites for hydroxylation is 1. The molecule has 16 heavy (non-hydrogen) atoms. The van der Waals surface area contributed by atoms with Gasteiger partial charge in [-0.15, -0.1) is 0 Å². The van der Waals surface area contributed by atoms with Crippen LogP contribution >= 0.6 is 0 Å². The molecule has 0 bridgehead atoms. The number of rotatable bonds is 1. The molecule has 1 aliphatic heterocycles. The highest BCUT2D eigenvalue weighted by Gasteiger charge is 2.26. The number of nitrogens with zero attached hydrogens (tertiary/aromatic N) is 3. The quantitative estimate of drug-likeness (QED) is 0.725. The lowest BCUT2D eigenvalue weighted by molar-refractivity contribution is 0.119. The molecule has 0 saturated carbocycles. The van der Waals surface area contributed by atoms with Crippen LogP contribution in [0.2, 0.25) is 0 Å². The second-order valence-corrected chi connectivity index (χ2v) is 5.45. The van der Waals surface area contributed by atoms with Gasteiger partial charge < -0.3 is 0 Å². The lowest BCUT2D eigenvalue weighted by atomic mass is 9.99. The van der Waals surface area contributed by atoms with E-state index >= 15 is 0 Å². The molecule has 0 aliphatic carbocycles. The minimum atomic E-state index is 0.237. The topological polar surface area (TPSA) is 29.0 Å². The van der Waals surface area contributed by atoms with Crippen LogP contribution in [0.15, 0.2) is 6.20 Å². The van der Waals surface area contributed by atoms with Crippen molar-refractivity contribution in [2.24, 2.45) is 0 Å². The summed E-state index contributed by atoms with van der Waals surface area (Å²) in [5, 5.41) is 0. The molecule has 0 atom stereocenters. The van der Waals surface area contributed by atoms with E-state index < -0.39 is 0 Å². The van der Waals surface area contributed by atoms with E-state index in [1.807, 2.05) is 6.20 Å². The second kappa shape index (κ2) is 4.13. The van der Waals surface area contributed by atoms with Crippen molar-refractivity contribution < 1.29 is 0 Å². The zero-order chi connectivity index (χ0) is 11.8. The summed E-state index contributed by atoms with van der Waals surface area (Å²) in [4.78, 5) is 11.5. The average molecular weight is 219 g/mol. The van der Waals surface area contributed by atoms with Crippen LogP contribution in [0.3, 0.4) is 0 Å². The Bertz CT molecular complexity index is 379. The average Bonchev–Trinajstić information content (AvgIpc) is 2.26. The van der Waals surface area contributed by atoms with Gasteiger partial charge in [0.2, 0.25) is 0 Å². The van der Waals surface area contributed by atoms with Crippen molar-refractivity contribution in [3.8, 4) is 0 Å². The number of fused-ring (bicyclic) bond motifs is 1. The summed E-state index contributed by atoms with van der Waals surface area (Å²) in [5.41, 5.74) is 2.80. The van der Waals surface area contributed by atoms with Gasteiger partial charge in [0.25, 0.3) is 0 Å². The highest BCUT2D eigenvalue weighted by molar-refractivity contribution is 5.21. The fourth-order valence-electron chi connectivity index (χ4n) is 2.10. The first-order valence-electron chi connectivity index (χ1n) is 6.09. The van der Waals surface area contributed by atoms with Gasteiger partial charge in [0, 0.05) is 48.9 Å². The summed E-state index contributed by atoms with van der Waals surface area (Å²) in [7, 11) is 0. The van der Waals surface area contributed by atoms with Gasteiger partial charge in [0.15, 0.2) is 0 Å². The van der Waals surface area contributed by atoms with Crippen molar-refractivity contribution in [2.45, 2.75) is 52.6 Å². The van der Waals surface area contributed by atoms with E-state index in [2.05, 4.69) is 42.6 Å². The Morgan fingerprint density at radius 2 is 2.12 bits per heavy atom. The lowest BCUT2D eigenvalue weighted by Crippen LogP contribution is -2.44. The smallest absolute Gasteiger partial charge is 0.128 e. The van der Waals surface area contributed by atoms with Crippen LogP contribution in [0.25, 0.3) is 0 Å². The number of hydrogen-bond donors (Lipinski definition) is 0. The third-order valence-electron chi connectivity index (χ3n) is 3.25. The van der Waals surface area contributed by atoms with E-state index in [1.54, 1.807) is 0 Å². The van der Waals surface area contributed by atoms with Crippen LogP contribution in [0, 0.1) is 0 Å². The van der Waals surface area contributed by atoms with E-state index in [0.717, 1.165) is 31.8 Å². The van der Waals surface area contributed by atoms with Gasteiger partial charge in [-0.3, -0.25) is 4.90 Å². The molecular weight excluding hydrogens is 198 g/mol. The summed E-state index contributed by atoms with van der Waals surface area (Å²) < 4.78 is 0. The zero-order valence-electron chi connectivity index (χ0n) is 10.7. The van der Waals surface area contributed by atoms with Crippen LogP contribution in [0.1, 0.15) is 44.8 Å². The van der Waals surface area contributed by atoms with Crippen LogP contribution in [0.5, 0.6) is 0 Å². The second-order valence-electron chi connectivity index (χ2n) is 5.45. The first kappa shape index (κ1) is 11.5. The molecule has 88 valence electrons. The third-order valence-corrected chi connectivity index (χ3v) is 3.25. The first-order valence-corrected chi connectivity index (χ1v) is 6.09. The maximum Gasteiger partial charge on any atom is 0.128 e. The summed E-state index contributed by atoms with van der Waals surface area (Å²) in [6.07, 6.45) is 4.00. The van der Waals surface area contributed by atoms with E-state index in [0.29, 0.717) is 0 Å². The monoisotopic (exact) mass is 219 g/mol. The van der Waals surface area contributed by atoms with E-state index in [4.69, 9.17) is 0 Å². The highest BCUT2D eigenvalue weighted by Crippen LogP contribution is 2.23. The van der Waals surface area contributed by atoms with Crippen molar-refractivity contribution in [1.82, 2.24) is 14.9 Å². The normalized spacial score (nSPS) is 17.2. The highest BCUT2D eigenvalue weighted by atomic mass is 15.2. The van der Waals surface area contributed by atoms with Gasteiger partial charge in [-0.1, -0.05) is 6.92 Å². The lowest BCUT2D eigenvalue weighted by Gasteiger charge is -2.38. The standard InChI is InChI=1S/C13H21N3/c1-5-12-14-8-10-9-16(13(2,3)4)7-6-11(10)15-12/h8H,5-7,9H2,1-4H3. The molecule has 3 nitrogen and oxygen atoms in total. The van der Waals surface area contributed by atoms with Crippen LogP contribution in [-0.2, 0) is 19.4 Å². The van der Waals surface area contributed by atoms with Gasteiger partial charge >= 0.3 is 0 Å². The molecular formula is C13H21N3. The summed E-state index contributed by atoms with van der Waals surface area (Å²) in [6, 6.07) is 0. The minimum Gasteiger partial charge on any atom is -0.294 e. The van der Waals surface area contributed by atoms with Crippen molar-refractivity contribution in [3.05, 3.63) is 23.3 Å². The first-order chi connectivity index (χ1) is 7.50. The van der Waals surface area contributed by atoms with E-state index in [1.165, 1.54) is 11.3 Å². The van der Waals surface area contributed by atoms with Gasteiger partial charge in [-0.25, -0.2) is 9.97 Å². The molecule has 0 fully saturated rings. The minimum absolute atomic E-state index is 0.237. The van der Waals surface area contributed by atoms with Gasteiger partial charge in [-0.2, -0.15) is 0 Å². The Balaban J connectivity index is 2.22. The van der Waals surface area contributed by atoms with Crippen molar-refractivity contribution in [3.63, 3.8) is 0 Å². The molecule has 0 radical (unpaired) electrons. The molecule has 3 heteroatoms. The molecule has 1 aromatic rings. The molecule has 1 aliphatic rings. The van der Waals surface area contributed by atoms with Crippen molar-refractivity contribution >= 4 is 0 Å². The maximum atomic E-state index is 4.61. The molecule has 0 spiro atoms. The number of hydrogen-bond acceptors (Lipinski definition) is 3. The SMILES string of the molecule is CCc1ncc2c(n1)CCN(C(C)(C)C)C2. The maximum absolute atomic E-state index is 4.61. The molecule has 2 rings (SSSR count). The number of aromatic nitrogens is 2. The van der Waals surface area contributed by atoms with E-state index in [-0.39, 0.29) is 5.54 Å². The van der Waals surface area contributed by atoms with Crippen LogP contribution in [-0.4, -0.2) is 27.0 Å². The Morgan fingerprint density at radius 3 is 2.75 bits per heavy atom. The van der Waals surface area contributed by atoms with Crippen molar-refractivity contribution in [2.75, 3.05) is 6.54 Å². The Hall–Kier alpha value is -0.960. The Kier molecular flexibility index (Phi) is 2.98. The molecule has 0 amide bonds. The molecule has 0 aromatic carbocycles. The molecule has 1 aromatic heterocycles.